The number of aliphatic hydroxyl groups excluding tert-OH is 1. The van der Waals surface area contributed by atoms with E-state index in [1.807, 2.05) is 21.1 Å². The summed E-state index contributed by atoms with van der Waals surface area (Å²) in [5.41, 5.74) is 0. The number of rotatable bonds is 65. The number of phosphoric ester groups is 1. The first kappa shape index (κ1) is 82.9. The first-order valence-corrected chi connectivity index (χ1v) is 37.4. The molecule has 3 atom stereocenters. The van der Waals surface area contributed by atoms with Gasteiger partial charge < -0.3 is 19.8 Å². The van der Waals surface area contributed by atoms with Crippen LogP contribution in [0, 0.1) is 0 Å². The van der Waals surface area contributed by atoms with Gasteiger partial charge in [0.15, 0.2) is 0 Å². The number of allylic oxidation sites excluding steroid dienone is 20. The molecule has 0 aliphatic rings. The van der Waals surface area contributed by atoms with Crippen LogP contribution in [0.15, 0.2) is 122 Å². The molecule has 0 aromatic heterocycles. The van der Waals surface area contributed by atoms with E-state index in [9.17, 15) is 19.4 Å². The number of aliphatic hydroxyl groups is 1. The van der Waals surface area contributed by atoms with Gasteiger partial charge in [0, 0.05) is 6.42 Å². The van der Waals surface area contributed by atoms with Gasteiger partial charge in [-0.05, 0) is 89.9 Å². The smallest absolute Gasteiger partial charge is 0.391 e. The third kappa shape index (κ3) is 68.4. The molecule has 0 fully saturated rings. The van der Waals surface area contributed by atoms with E-state index in [4.69, 9.17) is 9.05 Å². The Bertz CT molecular complexity index is 1820. The second-order valence-electron chi connectivity index (χ2n) is 25.2. The van der Waals surface area contributed by atoms with Crippen molar-refractivity contribution in [2.75, 3.05) is 40.9 Å². The molecule has 86 heavy (non-hydrogen) atoms. The van der Waals surface area contributed by atoms with Crippen molar-refractivity contribution in [3.8, 4) is 0 Å². The number of hydrogen-bond donors (Lipinski definition) is 3. The Balaban J connectivity index is 4.15. The summed E-state index contributed by atoms with van der Waals surface area (Å²) in [6, 6.07) is -0.786. The van der Waals surface area contributed by atoms with E-state index < -0.39 is 20.0 Å². The largest absolute Gasteiger partial charge is 0.472 e. The third-order valence-corrected chi connectivity index (χ3v) is 16.7. The Morgan fingerprint density at radius 3 is 1.02 bits per heavy atom. The zero-order chi connectivity index (χ0) is 62.6. The second kappa shape index (κ2) is 66.3. The first-order chi connectivity index (χ1) is 42.0. The molecule has 496 valence electrons. The Kier molecular flexibility index (Phi) is 63.9. The number of quaternary nitrogens is 1. The van der Waals surface area contributed by atoms with Crippen LogP contribution in [0.2, 0.25) is 0 Å². The average Bonchev–Trinajstić information content (AvgIpc) is 3.70. The lowest BCUT2D eigenvalue weighted by atomic mass is 10.0. The van der Waals surface area contributed by atoms with E-state index >= 15 is 0 Å². The molecule has 0 saturated heterocycles. The molecule has 0 heterocycles. The molecule has 0 aliphatic heterocycles. The van der Waals surface area contributed by atoms with Gasteiger partial charge in [0.1, 0.15) is 13.2 Å². The van der Waals surface area contributed by atoms with E-state index in [-0.39, 0.29) is 19.1 Å². The number of nitrogens with one attached hydrogen (secondary N) is 1. The van der Waals surface area contributed by atoms with Gasteiger partial charge >= 0.3 is 7.82 Å². The highest BCUT2D eigenvalue weighted by atomic mass is 31.2. The van der Waals surface area contributed by atoms with Crippen molar-refractivity contribution in [2.45, 2.75) is 321 Å². The highest BCUT2D eigenvalue weighted by Gasteiger charge is 2.28. The fraction of sp³-hybridized carbons (Fsp3) is 0.727. The van der Waals surface area contributed by atoms with Gasteiger partial charge in [0.2, 0.25) is 5.91 Å². The van der Waals surface area contributed by atoms with Crippen LogP contribution in [0.25, 0.3) is 0 Å². The normalized spacial score (nSPS) is 14.4. The van der Waals surface area contributed by atoms with Gasteiger partial charge in [-0.15, -0.1) is 0 Å². The molecule has 0 bridgehead atoms. The van der Waals surface area contributed by atoms with Crippen molar-refractivity contribution in [2.24, 2.45) is 0 Å². The fourth-order valence-electron chi connectivity index (χ4n) is 10.2. The molecular formula is C77H138N2O6P+. The van der Waals surface area contributed by atoms with Crippen molar-refractivity contribution in [1.29, 1.82) is 0 Å². The van der Waals surface area contributed by atoms with Crippen LogP contribution in [-0.4, -0.2) is 73.4 Å². The molecular weight excluding hydrogens is 1080 g/mol. The minimum absolute atomic E-state index is 0.0634. The van der Waals surface area contributed by atoms with Crippen molar-refractivity contribution in [3.63, 3.8) is 0 Å². The molecule has 3 N–H and O–H groups in total. The first-order valence-electron chi connectivity index (χ1n) is 35.9. The molecule has 9 heteroatoms. The van der Waals surface area contributed by atoms with Gasteiger partial charge in [-0.25, -0.2) is 4.57 Å². The molecule has 0 spiro atoms. The number of phosphoric acid groups is 1. The maximum absolute atomic E-state index is 13.1. The fourth-order valence-corrected chi connectivity index (χ4v) is 10.9. The minimum atomic E-state index is -4.35. The second-order valence-corrected chi connectivity index (χ2v) is 26.7. The number of carbonyl (C=O) groups is 1. The molecule has 0 saturated carbocycles. The molecule has 0 aromatic carbocycles. The van der Waals surface area contributed by atoms with Crippen LogP contribution in [0.1, 0.15) is 309 Å². The molecule has 0 aromatic rings. The van der Waals surface area contributed by atoms with Gasteiger partial charge in [-0.2, -0.15) is 0 Å². The van der Waals surface area contributed by atoms with Crippen molar-refractivity contribution in [3.05, 3.63) is 122 Å². The molecule has 0 aliphatic carbocycles. The van der Waals surface area contributed by atoms with E-state index in [1.54, 1.807) is 0 Å². The summed E-state index contributed by atoms with van der Waals surface area (Å²) in [6.45, 7) is 4.78. The summed E-state index contributed by atoms with van der Waals surface area (Å²) in [4.78, 5) is 23.5. The number of amides is 1. The van der Waals surface area contributed by atoms with Crippen molar-refractivity contribution < 1.29 is 32.9 Å². The van der Waals surface area contributed by atoms with Crippen LogP contribution >= 0.6 is 7.82 Å². The number of unbranched alkanes of at least 4 members (excludes halogenated alkanes) is 32. The summed E-state index contributed by atoms with van der Waals surface area (Å²) in [5.74, 6) is -0.170. The number of carbonyl (C=O) groups excluding carboxylic acids is 1. The molecule has 8 nitrogen and oxygen atoms in total. The monoisotopic (exact) mass is 1220 g/mol. The van der Waals surface area contributed by atoms with Gasteiger partial charge in [-0.3, -0.25) is 13.8 Å². The average molecular weight is 1220 g/mol. The van der Waals surface area contributed by atoms with Crippen LogP contribution in [0.4, 0.5) is 0 Å². The summed E-state index contributed by atoms with van der Waals surface area (Å²) in [6.07, 6.45) is 98.7. The number of hydrogen-bond acceptors (Lipinski definition) is 5. The van der Waals surface area contributed by atoms with Crippen molar-refractivity contribution >= 4 is 13.7 Å². The Morgan fingerprint density at radius 1 is 0.407 bits per heavy atom. The van der Waals surface area contributed by atoms with Gasteiger partial charge in [0.25, 0.3) is 0 Å². The maximum atomic E-state index is 13.1. The lowest BCUT2D eigenvalue weighted by Crippen LogP contribution is -2.46. The maximum Gasteiger partial charge on any atom is 0.472 e. The predicted octanol–water partition coefficient (Wildman–Crippen LogP) is 23.2. The van der Waals surface area contributed by atoms with Crippen molar-refractivity contribution in [1.82, 2.24) is 5.32 Å². The topological polar surface area (TPSA) is 105 Å². The Labute approximate surface area is 533 Å². The zero-order valence-electron chi connectivity index (χ0n) is 56.8. The Morgan fingerprint density at radius 2 is 0.698 bits per heavy atom. The van der Waals surface area contributed by atoms with E-state index in [1.165, 1.54) is 167 Å². The summed E-state index contributed by atoms with van der Waals surface area (Å²) in [5, 5.41) is 14.1. The quantitative estimate of drug-likeness (QED) is 0.0243. The highest BCUT2D eigenvalue weighted by molar-refractivity contribution is 7.47. The third-order valence-electron chi connectivity index (χ3n) is 15.7. The lowest BCUT2D eigenvalue weighted by molar-refractivity contribution is -0.870. The standard InChI is InChI=1S/C77H137N2O6P/c1-6-8-10-12-14-16-18-20-22-24-26-28-30-32-34-36-37-38-39-40-41-43-45-47-49-51-53-55-57-59-61-63-65-67-69-71-77(81)78-75(74-85-86(82,83)84-73-72-79(3,4)5)76(80)70-68-66-64-62-60-58-56-54-52-50-48-46-44-42-35-33-31-29-27-25-23-21-19-17-15-13-11-9-7-2/h8,10,14,16,20,22,26,28,32,34,37-38,40-41,45,47,51,53,57,59,75-76,80H,6-7,9,11-13,15,17-19,21,23-25,27,29-31,33,35-36,39,42-44,46,48-50,52,54-56,58,60-74H2,1-5H3,(H-,78,81,82,83)/p+1/b10-8-,16-14-,22-20-,28-26-,34-32-,38-37-,41-40-,47-45-,53-51-,59-57-. The van der Waals surface area contributed by atoms with E-state index in [2.05, 4.69) is 141 Å². The lowest BCUT2D eigenvalue weighted by Gasteiger charge is -2.26. The molecule has 1 amide bonds. The van der Waals surface area contributed by atoms with Gasteiger partial charge in [0.05, 0.1) is 39.9 Å². The summed E-state index contributed by atoms with van der Waals surface area (Å²) >= 11 is 0. The van der Waals surface area contributed by atoms with Crippen LogP contribution in [0.5, 0.6) is 0 Å². The predicted molar refractivity (Wildman–Crippen MR) is 378 cm³/mol. The van der Waals surface area contributed by atoms with Crippen LogP contribution < -0.4 is 5.32 Å². The minimum Gasteiger partial charge on any atom is -0.391 e. The van der Waals surface area contributed by atoms with Crippen LogP contribution in [-0.2, 0) is 18.4 Å². The van der Waals surface area contributed by atoms with Gasteiger partial charge in [-0.1, -0.05) is 334 Å². The molecule has 0 radical (unpaired) electrons. The van der Waals surface area contributed by atoms with E-state index in [0.717, 1.165) is 116 Å². The number of nitrogens with zero attached hydrogens (tertiary/aromatic N) is 1. The number of likely N-dealkylation sites (N-methyl/N-ethyl adjacent to an activating group) is 1. The SMILES string of the molecule is CC/C=C\C/C=C\C/C=C\C/C=C\C/C=C\C/C=C\C/C=C\C/C=C\C/C=C\C/C=C\CCCCCCC(=O)NC(COP(=O)(O)OCC[N+](C)(C)C)C(O)CCCCCCCCCCCCCCCCCCCCCCCCCCCCCCC. The molecule has 3 unspecified atom stereocenters. The summed E-state index contributed by atoms with van der Waals surface area (Å²) < 4.78 is 23.9. The Hall–Kier alpha value is -3.10. The zero-order valence-corrected chi connectivity index (χ0v) is 57.7. The van der Waals surface area contributed by atoms with Crippen LogP contribution in [0.3, 0.4) is 0 Å². The highest BCUT2D eigenvalue weighted by Crippen LogP contribution is 2.43. The van der Waals surface area contributed by atoms with E-state index in [0.29, 0.717) is 23.9 Å². The summed E-state index contributed by atoms with van der Waals surface area (Å²) in [7, 11) is 1.59. The molecule has 0 rings (SSSR count).